The van der Waals surface area contributed by atoms with Gasteiger partial charge in [-0.2, -0.15) is 4.98 Å². The summed E-state index contributed by atoms with van der Waals surface area (Å²) in [6, 6.07) is 7.53. The molecule has 0 bridgehead atoms. The molecule has 2 atom stereocenters. The molecule has 0 aliphatic carbocycles. The van der Waals surface area contributed by atoms with Gasteiger partial charge in [-0.05, 0) is 19.1 Å². The second kappa shape index (κ2) is 6.89. The van der Waals surface area contributed by atoms with Crippen LogP contribution in [0, 0.1) is 0 Å². The monoisotopic (exact) mass is 311 g/mol. The van der Waals surface area contributed by atoms with Crippen LogP contribution in [0.3, 0.4) is 0 Å². The maximum absolute atomic E-state index is 5.59. The number of halogens is 1. The van der Waals surface area contributed by atoms with Crippen LogP contribution in [0.25, 0.3) is 11.4 Å². The molecule has 21 heavy (non-hydrogen) atoms. The minimum absolute atomic E-state index is 0. The summed E-state index contributed by atoms with van der Waals surface area (Å²) < 4.78 is 16.3. The topological polar surface area (TPSA) is 69.4 Å². The number of nitrogens with zero attached hydrogens (tertiary/aromatic N) is 2. The first-order chi connectivity index (χ1) is 9.79. The van der Waals surface area contributed by atoms with E-state index in [2.05, 4.69) is 15.5 Å². The summed E-state index contributed by atoms with van der Waals surface area (Å²) in [4.78, 5) is 4.46. The molecular formula is C14H18ClN3O3. The van der Waals surface area contributed by atoms with Crippen molar-refractivity contribution >= 4 is 12.4 Å². The fourth-order valence-electron chi connectivity index (χ4n) is 2.31. The Morgan fingerprint density at radius 2 is 2.14 bits per heavy atom. The Balaban J connectivity index is 0.00000161. The van der Waals surface area contributed by atoms with Crippen molar-refractivity contribution in [3.8, 4) is 17.1 Å². The minimum Gasteiger partial charge on any atom is -0.496 e. The highest BCUT2D eigenvalue weighted by atomic mass is 35.5. The maximum Gasteiger partial charge on any atom is 0.246 e. The molecule has 0 unspecified atom stereocenters. The molecular weight excluding hydrogens is 294 g/mol. The van der Waals surface area contributed by atoms with E-state index in [0.717, 1.165) is 17.9 Å². The molecule has 0 radical (unpaired) electrons. The molecule has 1 aromatic heterocycles. The van der Waals surface area contributed by atoms with Gasteiger partial charge < -0.3 is 19.3 Å². The number of para-hydroxylation sites is 1. The van der Waals surface area contributed by atoms with Crippen molar-refractivity contribution in [1.82, 2.24) is 15.5 Å². The molecule has 0 amide bonds. The highest BCUT2D eigenvalue weighted by Crippen LogP contribution is 2.29. The van der Waals surface area contributed by atoms with Gasteiger partial charge in [-0.15, -0.1) is 12.4 Å². The lowest BCUT2D eigenvalue weighted by Gasteiger charge is -2.27. The van der Waals surface area contributed by atoms with Crippen LogP contribution in [0.15, 0.2) is 28.8 Å². The van der Waals surface area contributed by atoms with Gasteiger partial charge >= 0.3 is 0 Å². The van der Waals surface area contributed by atoms with E-state index in [0.29, 0.717) is 18.3 Å². The Bertz CT molecular complexity index is 590. The molecule has 2 aromatic rings. The Hall–Kier alpha value is -1.63. The van der Waals surface area contributed by atoms with Crippen molar-refractivity contribution in [3.05, 3.63) is 30.2 Å². The molecule has 1 fully saturated rings. The normalized spacial score (nSPS) is 21.6. The van der Waals surface area contributed by atoms with Crippen LogP contribution in [0.2, 0.25) is 0 Å². The number of morpholine rings is 1. The standard InChI is InChI=1S/C14H17N3O3.ClH/c1-9-12(15-7-8-19-9)14-16-13(17-20-14)10-5-3-4-6-11(10)18-2;/h3-6,9,12,15H,7-8H2,1-2H3;1H/t9-,12+;/m1./s1. The van der Waals surface area contributed by atoms with Crippen molar-refractivity contribution in [3.63, 3.8) is 0 Å². The van der Waals surface area contributed by atoms with Gasteiger partial charge in [0, 0.05) is 6.54 Å². The van der Waals surface area contributed by atoms with E-state index in [1.165, 1.54) is 0 Å². The summed E-state index contributed by atoms with van der Waals surface area (Å²) >= 11 is 0. The number of aromatic nitrogens is 2. The van der Waals surface area contributed by atoms with Crippen LogP contribution < -0.4 is 10.1 Å². The lowest BCUT2D eigenvalue weighted by molar-refractivity contribution is -0.00136. The predicted molar refractivity (Wildman–Crippen MR) is 79.7 cm³/mol. The van der Waals surface area contributed by atoms with E-state index in [4.69, 9.17) is 14.0 Å². The molecule has 2 heterocycles. The third kappa shape index (κ3) is 3.18. The fourth-order valence-corrected chi connectivity index (χ4v) is 2.31. The number of hydrogen-bond acceptors (Lipinski definition) is 6. The number of ether oxygens (including phenoxy) is 2. The highest BCUT2D eigenvalue weighted by molar-refractivity contribution is 5.85. The number of nitrogens with one attached hydrogen (secondary N) is 1. The van der Waals surface area contributed by atoms with Crippen LogP contribution in [-0.4, -0.2) is 36.5 Å². The quantitative estimate of drug-likeness (QED) is 0.937. The van der Waals surface area contributed by atoms with E-state index < -0.39 is 0 Å². The van der Waals surface area contributed by atoms with E-state index in [9.17, 15) is 0 Å². The lowest BCUT2D eigenvalue weighted by atomic mass is 10.1. The summed E-state index contributed by atoms with van der Waals surface area (Å²) in [6.07, 6.45) is 0.00900. The van der Waals surface area contributed by atoms with Crippen LogP contribution >= 0.6 is 12.4 Å². The first kappa shape index (κ1) is 15.8. The molecule has 114 valence electrons. The van der Waals surface area contributed by atoms with Gasteiger partial charge in [-0.3, -0.25) is 0 Å². The van der Waals surface area contributed by atoms with Gasteiger partial charge in [0.15, 0.2) is 0 Å². The molecule has 0 spiro atoms. The zero-order chi connectivity index (χ0) is 13.9. The fraction of sp³-hybridized carbons (Fsp3) is 0.429. The van der Waals surface area contributed by atoms with Gasteiger partial charge in [-0.1, -0.05) is 17.3 Å². The molecule has 6 nitrogen and oxygen atoms in total. The zero-order valence-corrected chi connectivity index (χ0v) is 12.7. The van der Waals surface area contributed by atoms with Crippen LogP contribution in [0.5, 0.6) is 5.75 Å². The van der Waals surface area contributed by atoms with E-state index in [1.54, 1.807) is 7.11 Å². The SMILES string of the molecule is COc1ccccc1-c1noc([C@H]2NCCO[C@@H]2C)n1.Cl. The van der Waals surface area contributed by atoms with Crippen LogP contribution in [-0.2, 0) is 4.74 Å². The summed E-state index contributed by atoms with van der Waals surface area (Å²) in [5, 5.41) is 7.37. The van der Waals surface area contributed by atoms with E-state index in [-0.39, 0.29) is 24.6 Å². The maximum atomic E-state index is 5.59. The molecule has 0 saturated carbocycles. The summed E-state index contributed by atoms with van der Waals surface area (Å²) in [5.41, 5.74) is 0.814. The van der Waals surface area contributed by atoms with Crippen molar-refractivity contribution in [2.45, 2.75) is 19.1 Å². The van der Waals surface area contributed by atoms with Crippen molar-refractivity contribution in [2.75, 3.05) is 20.3 Å². The average molecular weight is 312 g/mol. The Labute approximate surface area is 129 Å². The molecule has 3 rings (SSSR count). The highest BCUT2D eigenvalue weighted by Gasteiger charge is 2.28. The molecule has 1 aromatic carbocycles. The molecule has 7 heteroatoms. The molecule has 1 N–H and O–H groups in total. The third-order valence-electron chi connectivity index (χ3n) is 3.37. The first-order valence-electron chi connectivity index (χ1n) is 6.61. The minimum atomic E-state index is -0.0697. The number of benzene rings is 1. The lowest BCUT2D eigenvalue weighted by Crippen LogP contribution is -2.40. The summed E-state index contributed by atoms with van der Waals surface area (Å²) in [5.74, 6) is 1.79. The third-order valence-corrected chi connectivity index (χ3v) is 3.37. The van der Waals surface area contributed by atoms with Crippen molar-refractivity contribution in [2.24, 2.45) is 0 Å². The predicted octanol–water partition coefficient (Wildman–Crippen LogP) is 2.22. The van der Waals surface area contributed by atoms with Gasteiger partial charge in [0.25, 0.3) is 0 Å². The zero-order valence-electron chi connectivity index (χ0n) is 11.9. The largest absolute Gasteiger partial charge is 0.496 e. The Morgan fingerprint density at radius 1 is 1.33 bits per heavy atom. The average Bonchev–Trinajstić information content (AvgIpc) is 2.97. The Morgan fingerprint density at radius 3 is 2.90 bits per heavy atom. The number of methoxy groups -OCH3 is 1. The van der Waals surface area contributed by atoms with Crippen molar-refractivity contribution < 1.29 is 14.0 Å². The number of hydrogen-bond donors (Lipinski definition) is 1. The molecule has 1 aliphatic rings. The van der Waals surface area contributed by atoms with Crippen LogP contribution in [0.4, 0.5) is 0 Å². The van der Waals surface area contributed by atoms with Gasteiger partial charge in [-0.25, -0.2) is 0 Å². The second-order valence-electron chi connectivity index (χ2n) is 4.66. The molecule has 1 saturated heterocycles. The van der Waals surface area contributed by atoms with Crippen molar-refractivity contribution in [1.29, 1.82) is 0 Å². The van der Waals surface area contributed by atoms with Gasteiger partial charge in [0.1, 0.15) is 11.8 Å². The van der Waals surface area contributed by atoms with Gasteiger partial charge in [0.2, 0.25) is 11.7 Å². The van der Waals surface area contributed by atoms with Gasteiger partial charge in [0.05, 0.1) is 25.4 Å². The number of rotatable bonds is 3. The first-order valence-corrected chi connectivity index (χ1v) is 6.61. The summed E-state index contributed by atoms with van der Waals surface area (Å²) in [7, 11) is 1.62. The second-order valence-corrected chi connectivity index (χ2v) is 4.66. The van der Waals surface area contributed by atoms with E-state index in [1.807, 2.05) is 31.2 Å². The van der Waals surface area contributed by atoms with Crippen LogP contribution in [0.1, 0.15) is 18.9 Å². The summed E-state index contributed by atoms with van der Waals surface area (Å²) in [6.45, 7) is 3.47. The molecule has 1 aliphatic heterocycles. The Kier molecular flexibility index (Phi) is 5.17. The smallest absolute Gasteiger partial charge is 0.246 e. The van der Waals surface area contributed by atoms with E-state index >= 15 is 0 Å².